The van der Waals surface area contributed by atoms with Crippen LogP contribution in [0.1, 0.15) is 36.9 Å². The minimum atomic E-state index is -3.66. The predicted molar refractivity (Wildman–Crippen MR) is 78.1 cm³/mol. The highest BCUT2D eigenvalue weighted by Gasteiger charge is 2.25. The smallest absolute Gasteiger partial charge is 0.335 e. The summed E-state index contributed by atoms with van der Waals surface area (Å²) in [6.45, 7) is 5.70. The Labute approximate surface area is 124 Å². The fourth-order valence-corrected chi connectivity index (χ4v) is 2.97. The molecule has 0 unspecified atom stereocenters. The molecule has 0 spiro atoms. The van der Waals surface area contributed by atoms with Gasteiger partial charge in [0.2, 0.25) is 15.7 Å². The molecule has 0 saturated heterocycles. The van der Waals surface area contributed by atoms with E-state index < -0.39 is 15.9 Å². The first-order chi connectivity index (χ1) is 9.79. The van der Waals surface area contributed by atoms with Crippen molar-refractivity contribution >= 4 is 9.84 Å². The van der Waals surface area contributed by atoms with Gasteiger partial charge >= 0.3 is 5.22 Å². The molecular weight excluding hydrogens is 290 g/mol. The van der Waals surface area contributed by atoms with E-state index in [1.807, 2.05) is 39.0 Å². The lowest BCUT2D eigenvalue weighted by Crippen LogP contribution is -2.17. The van der Waals surface area contributed by atoms with Crippen LogP contribution in [0.3, 0.4) is 0 Å². The third kappa shape index (κ3) is 3.68. The van der Waals surface area contributed by atoms with Crippen LogP contribution in [0, 0.1) is 12.8 Å². The number of benzene rings is 1. The SMILES string of the molecule is Cc1cccc(CS(=O)(=O)c2nnc([C@@H](N)C(C)C)o2)c1. The van der Waals surface area contributed by atoms with Crippen LogP contribution in [-0.4, -0.2) is 18.6 Å². The molecule has 114 valence electrons. The Morgan fingerprint density at radius 1 is 1.29 bits per heavy atom. The van der Waals surface area contributed by atoms with Gasteiger partial charge in [-0.05, 0) is 18.4 Å². The Hall–Kier alpha value is -1.73. The topological polar surface area (TPSA) is 99.1 Å². The van der Waals surface area contributed by atoms with Crippen LogP contribution < -0.4 is 5.73 Å². The second kappa shape index (κ2) is 5.95. The van der Waals surface area contributed by atoms with Crippen LogP contribution in [0.5, 0.6) is 0 Å². The van der Waals surface area contributed by atoms with Crippen molar-refractivity contribution < 1.29 is 12.8 Å². The zero-order valence-electron chi connectivity index (χ0n) is 12.3. The van der Waals surface area contributed by atoms with Gasteiger partial charge in [-0.2, -0.15) is 0 Å². The van der Waals surface area contributed by atoms with Crippen LogP contribution >= 0.6 is 0 Å². The summed E-state index contributed by atoms with van der Waals surface area (Å²) in [5.41, 5.74) is 7.56. The number of nitrogens with zero attached hydrogens (tertiary/aromatic N) is 2. The highest BCUT2D eigenvalue weighted by atomic mass is 32.2. The highest BCUT2D eigenvalue weighted by Crippen LogP contribution is 2.21. The quantitative estimate of drug-likeness (QED) is 0.907. The summed E-state index contributed by atoms with van der Waals surface area (Å²) in [6, 6.07) is 6.81. The molecule has 6 nitrogen and oxygen atoms in total. The zero-order valence-corrected chi connectivity index (χ0v) is 13.1. The zero-order chi connectivity index (χ0) is 15.6. The number of hydrogen-bond donors (Lipinski definition) is 1. The summed E-state index contributed by atoms with van der Waals surface area (Å²) in [7, 11) is -3.66. The van der Waals surface area contributed by atoms with E-state index in [0.29, 0.717) is 5.56 Å². The van der Waals surface area contributed by atoms with Gasteiger partial charge in [-0.25, -0.2) is 8.42 Å². The van der Waals surface area contributed by atoms with Gasteiger partial charge < -0.3 is 10.2 Å². The van der Waals surface area contributed by atoms with Gasteiger partial charge in [-0.1, -0.05) is 48.8 Å². The largest absolute Gasteiger partial charge is 0.411 e. The van der Waals surface area contributed by atoms with Crippen LogP contribution in [0.25, 0.3) is 0 Å². The van der Waals surface area contributed by atoms with Gasteiger partial charge in [-0.3, -0.25) is 0 Å². The monoisotopic (exact) mass is 309 g/mol. The van der Waals surface area contributed by atoms with Crippen LogP contribution in [-0.2, 0) is 15.6 Å². The number of hydrogen-bond acceptors (Lipinski definition) is 6. The summed E-state index contributed by atoms with van der Waals surface area (Å²) < 4.78 is 29.8. The van der Waals surface area contributed by atoms with Gasteiger partial charge in [0.25, 0.3) is 0 Å². The van der Waals surface area contributed by atoms with E-state index in [1.54, 1.807) is 6.07 Å². The molecule has 0 aliphatic heterocycles. The molecule has 0 radical (unpaired) electrons. The van der Waals surface area contributed by atoms with Gasteiger partial charge in [-0.15, -0.1) is 5.10 Å². The molecule has 1 atom stereocenters. The van der Waals surface area contributed by atoms with E-state index in [4.69, 9.17) is 10.2 Å². The van der Waals surface area contributed by atoms with Crippen molar-refractivity contribution in [3.8, 4) is 0 Å². The molecule has 2 rings (SSSR count). The number of rotatable bonds is 5. The lowest BCUT2D eigenvalue weighted by Gasteiger charge is -2.09. The van der Waals surface area contributed by atoms with Crippen molar-refractivity contribution in [3.63, 3.8) is 0 Å². The van der Waals surface area contributed by atoms with Crippen molar-refractivity contribution in [2.24, 2.45) is 11.7 Å². The first-order valence-electron chi connectivity index (χ1n) is 6.67. The minimum Gasteiger partial charge on any atom is -0.411 e. The van der Waals surface area contributed by atoms with E-state index in [1.165, 1.54) is 0 Å². The second-order valence-electron chi connectivity index (χ2n) is 5.42. The fraction of sp³-hybridized carbons (Fsp3) is 0.429. The number of sulfone groups is 1. The first-order valence-corrected chi connectivity index (χ1v) is 8.32. The molecule has 21 heavy (non-hydrogen) atoms. The van der Waals surface area contributed by atoms with Crippen LogP contribution in [0.4, 0.5) is 0 Å². The minimum absolute atomic E-state index is 0.0813. The van der Waals surface area contributed by atoms with Crippen molar-refractivity contribution in [1.82, 2.24) is 10.2 Å². The molecule has 1 aromatic heterocycles. The molecule has 2 N–H and O–H groups in total. The summed E-state index contributed by atoms with van der Waals surface area (Å²) in [6.07, 6.45) is 0. The summed E-state index contributed by atoms with van der Waals surface area (Å²) in [5.74, 6) is 0.0540. The summed E-state index contributed by atoms with van der Waals surface area (Å²) in [5, 5.41) is 6.99. The maximum absolute atomic E-state index is 12.3. The number of nitrogens with two attached hydrogens (primary N) is 1. The van der Waals surface area contributed by atoms with E-state index in [-0.39, 0.29) is 22.8 Å². The molecule has 0 saturated carbocycles. The number of aryl methyl sites for hydroxylation is 1. The average molecular weight is 309 g/mol. The van der Waals surface area contributed by atoms with Gasteiger partial charge in [0.15, 0.2) is 0 Å². The molecule has 0 aliphatic rings. The molecule has 1 aromatic carbocycles. The molecule has 0 aliphatic carbocycles. The lowest BCUT2D eigenvalue weighted by molar-refractivity contribution is 0.341. The predicted octanol–water partition coefficient (Wildman–Crippen LogP) is 2.01. The lowest BCUT2D eigenvalue weighted by atomic mass is 10.1. The van der Waals surface area contributed by atoms with Crippen molar-refractivity contribution in [1.29, 1.82) is 0 Å². The Morgan fingerprint density at radius 2 is 2.00 bits per heavy atom. The van der Waals surface area contributed by atoms with Gasteiger partial charge in [0.05, 0.1) is 11.8 Å². The molecule has 7 heteroatoms. The Kier molecular flexibility index (Phi) is 4.43. The first kappa shape index (κ1) is 15.7. The Bertz CT molecular complexity index is 723. The van der Waals surface area contributed by atoms with E-state index in [0.717, 1.165) is 5.56 Å². The molecule has 0 bridgehead atoms. The fourth-order valence-electron chi connectivity index (χ4n) is 1.85. The van der Waals surface area contributed by atoms with Crippen molar-refractivity contribution in [2.45, 2.75) is 37.8 Å². The number of aromatic nitrogens is 2. The molecule has 0 fully saturated rings. The van der Waals surface area contributed by atoms with E-state index >= 15 is 0 Å². The molecule has 0 amide bonds. The standard InChI is InChI=1S/C14H19N3O3S/c1-9(2)12(15)13-16-17-14(20-13)21(18,19)8-11-6-4-5-10(3)7-11/h4-7,9,12H,8,15H2,1-3H3/t12-/m0/s1. The second-order valence-corrected chi connectivity index (χ2v) is 7.29. The van der Waals surface area contributed by atoms with Crippen molar-refractivity contribution in [2.75, 3.05) is 0 Å². The molecule has 1 heterocycles. The average Bonchev–Trinajstić information content (AvgIpc) is 2.87. The maximum Gasteiger partial charge on any atom is 0.335 e. The van der Waals surface area contributed by atoms with E-state index in [9.17, 15) is 8.42 Å². The normalized spacial score (nSPS) is 13.6. The van der Waals surface area contributed by atoms with Crippen LogP contribution in [0.2, 0.25) is 0 Å². The highest BCUT2D eigenvalue weighted by molar-refractivity contribution is 7.90. The summed E-state index contributed by atoms with van der Waals surface area (Å²) >= 11 is 0. The maximum atomic E-state index is 12.3. The third-order valence-electron chi connectivity index (χ3n) is 3.13. The molecule has 2 aromatic rings. The van der Waals surface area contributed by atoms with Gasteiger partial charge in [0, 0.05) is 0 Å². The van der Waals surface area contributed by atoms with Crippen molar-refractivity contribution in [3.05, 3.63) is 41.3 Å². The Morgan fingerprint density at radius 3 is 2.62 bits per heavy atom. The van der Waals surface area contributed by atoms with Gasteiger partial charge in [0.1, 0.15) is 0 Å². The molecular formula is C14H19N3O3S. The third-order valence-corrected chi connectivity index (χ3v) is 4.54. The van der Waals surface area contributed by atoms with Crippen LogP contribution in [0.15, 0.2) is 33.9 Å². The van der Waals surface area contributed by atoms with E-state index in [2.05, 4.69) is 10.2 Å². The Balaban J connectivity index is 2.24. The summed E-state index contributed by atoms with van der Waals surface area (Å²) in [4.78, 5) is 0.